The van der Waals surface area contributed by atoms with Crippen molar-refractivity contribution in [3.8, 4) is 0 Å². The summed E-state index contributed by atoms with van der Waals surface area (Å²) in [6, 6.07) is 0. The molecule has 0 aliphatic carbocycles. The Morgan fingerprint density at radius 2 is 2.23 bits per heavy atom. The SMILES string of the molecule is CC(C)c1cnc(Br)n2cnnc12. The van der Waals surface area contributed by atoms with Crippen LogP contribution in [-0.2, 0) is 0 Å². The zero-order valence-electron chi connectivity index (χ0n) is 7.40. The second kappa shape index (κ2) is 3.06. The maximum atomic E-state index is 4.20. The fourth-order valence-electron chi connectivity index (χ4n) is 1.22. The quantitative estimate of drug-likeness (QED) is 0.717. The second-order valence-corrected chi connectivity index (χ2v) is 3.87. The molecule has 5 heteroatoms. The van der Waals surface area contributed by atoms with E-state index in [4.69, 9.17) is 0 Å². The Kier molecular flexibility index (Phi) is 2.03. The highest BCUT2D eigenvalue weighted by Gasteiger charge is 2.09. The van der Waals surface area contributed by atoms with E-state index in [1.807, 2.05) is 10.6 Å². The Morgan fingerprint density at radius 1 is 1.46 bits per heavy atom. The van der Waals surface area contributed by atoms with Gasteiger partial charge in [0.1, 0.15) is 6.33 Å². The molecular formula is C8H9BrN4. The Bertz CT molecular complexity index is 435. The minimum atomic E-state index is 0.410. The van der Waals surface area contributed by atoms with Crippen molar-refractivity contribution in [3.63, 3.8) is 0 Å². The van der Waals surface area contributed by atoms with Gasteiger partial charge in [-0.05, 0) is 21.8 Å². The standard InChI is InChI=1S/C8H9BrN4/c1-5(2)6-3-10-8(9)13-4-11-12-7(6)13/h3-5H,1-2H3. The smallest absolute Gasteiger partial charge is 0.184 e. The van der Waals surface area contributed by atoms with Crippen LogP contribution >= 0.6 is 15.9 Å². The third-order valence-corrected chi connectivity index (χ3v) is 2.52. The van der Waals surface area contributed by atoms with E-state index in [0.29, 0.717) is 5.92 Å². The summed E-state index contributed by atoms with van der Waals surface area (Å²) in [6.07, 6.45) is 3.48. The van der Waals surface area contributed by atoms with Gasteiger partial charge in [-0.1, -0.05) is 13.8 Å². The lowest BCUT2D eigenvalue weighted by molar-refractivity contribution is 0.843. The van der Waals surface area contributed by atoms with Gasteiger partial charge in [-0.2, -0.15) is 0 Å². The van der Waals surface area contributed by atoms with E-state index in [-0.39, 0.29) is 0 Å². The van der Waals surface area contributed by atoms with Crippen LogP contribution in [0, 0.1) is 0 Å². The molecule has 0 saturated carbocycles. The molecule has 0 bridgehead atoms. The highest BCUT2D eigenvalue weighted by Crippen LogP contribution is 2.19. The molecule has 0 unspecified atom stereocenters. The van der Waals surface area contributed by atoms with Crippen LogP contribution < -0.4 is 0 Å². The van der Waals surface area contributed by atoms with Crippen molar-refractivity contribution >= 4 is 21.6 Å². The predicted molar refractivity (Wildman–Crippen MR) is 52.6 cm³/mol. The molecule has 0 N–H and O–H groups in total. The fraction of sp³-hybridized carbons (Fsp3) is 0.375. The first-order valence-corrected chi connectivity index (χ1v) is 4.83. The van der Waals surface area contributed by atoms with E-state index in [9.17, 15) is 0 Å². The van der Waals surface area contributed by atoms with Crippen LogP contribution in [0.2, 0.25) is 0 Å². The molecule has 0 aromatic carbocycles. The molecule has 0 spiro atoms. The van der Waals surface area contributed by atoms with E-state index in [1.165, 1.54) is 0 Å². The van der Waals surface area contributed by atoms with Crippen LogP contribution in [0.4, 0.5) is 0 Å². The summed E-state index contributed by atoms with van der Waals surface area (Å²) in [7, 11) is 0. The van der Waals surface area contributed by atoms with Gasteiger partial charge in [-0.25, -0.2) is 4.98 Å². The van der Waals surface area contributed by atoms with Crippen LogP contribution in [0.3, 0.4) is 0 Å². The molecule has 2 rings (SSSR count). The number of hydrogen-bond donors (Lipinski definition) is 0. The highest BCUT2D eigenvalue weighted by atomic mass is 79.9. The fourth-order valence-corrected chi connectivity index (χ4v) is 1.58. The normalized spacial score (nSPS) is 11.4. The topological polar surface area (TPSA) is 43.1 Å². The Balaban J connectivity index is 2.78. The van der Waals surface area contributed by atoms with Crippen molar-refractivity contribution in [1.29, 1.82) is 0 Å². The minimum Gasteiger partial charge on any atom is -0.259 e. The largest absolute Gasteiger partial charge is 0.259 e. The van der Waals surface area contributed by atoms with Crippen LogP contribution in [0.15, 0.2) is 17.3 Å². The Hall–Kier alpha value is -0.970. The number of halogens is 1. The van der Waals surface area contributed by atoms with Crippen LogP contribution in [0.25, 0.3) is 5.65 Å². The van der Waals surface area contributed by atoms with Crippen LogP contribution in [-0.4, -0.2) is 19.6 Å². The zero-order chi connectivity index (χ0) is 9.42. The lowest BCUT2D eigenvalue weighted by Gasteiger charge is -2.05. The average Bonchev–Trinajstić information content (AvgIpc) is 2.53. The van der Waals surface area contributed by atoms with Gasteiger partial charge in [0.15, 0.2) is 10.4 Å². The van der Waals surface area contributed by atoms with Crippen molar-refractivity contribution < 1.29 is 0 Å². The molecule has 13 heavy (non-hydrogen) atoms. The summed E-state index contributed by atoms with van der Waals surface area (Å²) in [5, 5.41) is 7.89. The first-order valence-electron chi connectivity index (χ1n) is 4.04. The second-order valence-electron chi connectivity index (χ2n) is 3.16. The Morgan fingerprint density at radius 3 is 2.92 bits per heavy atom. The number of rotatable bonds is 1. The lowest BCUT2D eigenvalue weighted by atomic mass is 10.1. The van der Waals surface area contributed by atoms with Crippen molar-refractivity contribution in [2.24, 2.45) is 0 Å². The molecule has 2 aromatic rings. The molecular weight excluding hydrogens is 232 g/mol. The summed E-state index contributed by atoms with van der Waals surface area (Å²) in [5.41, 5.74) is 1.98. The minimum absolute atomic E-state index is 0.410. The number of aromatic nitrogens is 4. The molecule has 2 aromatic heterocycles. The van der Waals surface area contributed by atoms with Gasteiger partial charge >= 0.3 is 0 Å². The molecule has 0 saturated heterocycles. The van der Waals surface area contributed by atoms with Crippen molar-refractivity contribution in [2.45, 2.75) is 19.8 Å². The summed E-state index contributed by atoms with van der Waals surface area (Å²) in [5.74, 6) is 0.410. The first kappa shape index (κ1) is 8.62. The van der Waals surface area contributed by atoms with Gasteiger partial charge in [0, 0.05) is 11.8 Å². The predicted octanol–water partition coefficient (Wildman–Crippen LogP) is 2.01. The first-order chi connectivity index (χ1) is 6.20. The average molecular weight is 241 g/mol. The van der Waals surface area contributed by atoms with Gasteiger partial charge in [0.05, 0.1) is 0 Å². The molecule has 2 heterocycles. The van der Waals surface area contributed by atoms with Crippen molar-refractivity contribution in [2.75, 3.05) is 0 Å². The molecule has 0 radical (unpaired) electrons. The van der Waals surface area contributed by atoms with Crippen LogP contribution in [0.1, 0.15) is 25.3 Å². The van der Waals surface area contributed by atoms with E-state index < -0.39 is 0 Å². The van der Waals surface area contributed by atoms with Gasteiger partial charge in [0.25, 0.3) is 0 Å². The maximum Gasteiger partial charge on any atom is 0.184 e. The number of fused-ring (bicyclic) bond motifs is 1. The third kappa shape index (κ3) is 1.33. The zero-order valence-corrected chi connectivity index (χ0v) is 8.98. The number of nitrogens with zero attached hydrogens (tertiary/aromatic N) is 4. The molecule has 0 amide bonds. The molecule has 0 fully saturated rings. The number of hydrogen-bond acceptors (Lipinski definition) is 3. The van der Waals surface area contributed by atoms with Gasteiger partial charge in [-0.15, -0.1) is 10.2 Å². The lowest BCUT2D eigenvalue weighted by Crippen LogP contribution is -1.97. The summed E-state index contributed by atoms with van der Waals surface area (Å²) < 4.78 is 2.56. The third-order valence-electron chi connectivity index (χ3n) is 1.94. The summed E-state index contributed by atoms with van der Waals surface area (Å²) >= 11 is 3.33. The van der Waals surface area contributed by atoms with Gasteiger partial charge < -0.3 is 0 Å². The van der Waals surface area contributed by atoms with E-state index in [1.54, 1.807) is 6.33 Å². The van der Waals surface area contributed by atoms with Crippen LogP contribution in [0.5, 0.6) is 0 Å². The Labute approximate surface area is 84.1 Å². The molecule has 0 aliphatic rings. The highest BCUT2D eigenvalue weighted by molar-refractivity contribution is 9.10. The monoisotopic (exact) mass is 240 g/mol. The van der Waals surface area contributed by atoms with E-state index in [0.717, 1.165) is 15.9 Å². The van der Waals surface area contributed by atoms with Gasteiger partial charge in [0.2, 0.25) is 0 Å². The molecule has 4 nitrogen and oxygen atoms in total. The summed E-state index contributed by atoms with van der Waals surface area (Å²) in [6.45, 7) is 4.22. The van der Waals surface area contributed by atoms with Gasteiger partial charge in [-0.3, -0.25) is 4.40 Å². The molecule has 68 valence electrons. The maximum absolute atomic E-state index is 4.20. The molecule has 0 atom stereocenters. The van der Waals surface area contributed by atoms with E-state index >= 15 is 0 Å². The van der Waals surface area contributed by atoms with Crippen molar-refractivity contribution in [3.05, 3.63) is 22.8 Å². The summed E-state index contributed by atoms with van der Waals surface area (Å²) in [4.78, 5) is 4.20. The van der Waals surface area contributed by atoms with E-state index in [2.05, 4.69) is 45.0 Å². The molecule has 0 aliphatic heterocycles. The van der Waals surface area contributed by atoms with Crippen molar-refractivity contribution in [1.82, 2.24) is 19.6 Å².